The second-order valence-corrected chi connectivity index (χ2v) is 4.52. The molecule has 19 heavy (non-hydrogen) atoms. The molecule has 0 amide bonds. The predicted molar refractivity (Wildman–Crippen MR) is 69.6 cm³/mol. The molecule has 0 rings (SSSR count). The second-order valence-electron chi connectivity index (χ2n) is 4.52. The van der Waals surface area contributed by atoms with Gasteiger partial charge in [0.15, 0.2) is 0 Å². The van der Waals surface area contributed by atoms with E-state index in [1.807, 2.05) is 6.92 Å². The summed E-state index contributed by atoms with van der Waals surface area (Å²) >= 11 is 0. The van der Waals surface area contributed by atoms with Crippen molar-refractivity contribution >= 4 is 5.97 Å². The minimum atomic E-state index is -0.816. The molecule has 0 spiro atoms. The molecular formula is C13H26O6. The summed E-state index contributed by atoms with van der Waals surface area (Å²) in [7, 11) is 0. The fraction of sp³-hybridized carbons (Fsp3) is 0.923. The van der Waals surface area contributed by atoms with Crippen LogP contribution in [-0.2, 0) is 14.3 Å². The normalized spacial score (nSPS) is 14.1. The Hall–Kier alpha value is -0.690. The zero-order chi connectivity index (χ0) is 14.5. The van der Waals surface area contributed by atoms with Crippen LogP contribution in [0.25, 0.3) is 0 Å². The number of aliphatic hydroxyl groups is 3. The summed E-state index contributed by atoms with van der Waals surface area (Å²) in [6.07, 6.45) is 3.04. The lowest BCUT2D eigenvalue weighted by Crippen LogP contribution is -2.22. The molecule has 6 nitrogen and oxygen atoms in total. The van der Waals surface area contributed by atoms with Gasteiger partial charge >= 0.3 is 5.97 Å². The van der Waals surface area contributed by atoms with Crippen LogP contribution in [0.4, 0.5) is 0 Å². The van der Waals surface area contributed by atoms with Crippen LogP contribution in [0.2, 0.25) is 0 Å². The third-order valence-electron chi connectivity index (χ3n) is 2.63. The highest BCUT2D eigenvalue weighted by Crippen LogP contribution is 2.09. The first-order valence-corrected chi connectivity index (χ1v) is 6.77. The quantitative estimate of drug-likeness (QED) is 0.349. The molecule has 0 heterocycles. The van der Waals surface area contributed by atoms with E-state index in [9.17, 15) is 4.79 Å². The van der Waals surface area contributed by atoms with Crippen molar-refractivity contribution in [3.8, 4) is 0 Å². The number of rotatable bonds is 12. The Balaban J connectivity index is 3.36. The molecule has 0 aromatic heterocycles. The average Bonchev–Trinajstić information content (AvgIpc) is 2.41. The van der Waals surface area contributed by atoms with Crippen LogP contribution in [-0.4, -0.2) is 59.9 Å². The molecule has 0 radical (unpaired) electrons. The van der Waals surface area contributed by atoms with Gasteiger partial charge in [-0.05, 0) is 19.8 Å². The molecule has 0 aliphatic rings. The maximum absolute atomic E-state index is 11.1. The smallest absolute Gasteiger partial charge is 0.305 e. The topological polar surface area (TPSA) is 96.2 Å². The molecule has 0 aromatic rings. The first kappa shape index (κ1) is 18.3. The van der Waals surface area contributed by atoms with E-state index < -0.39 is 6.10 Å². The lowest BCUT2D eigenvalue weighted by molar-refractivity contribution is -0.144. The van der Waals surface area contributed by atoms with Gasteiger partial charge in [-0.1, -0.05) is 12.8 Å². The standard InChI is InChI=1S/C13H26O6/c1-11(19-10-12(16)9-15)5-3-2-4-6-13(17)18-8-7-14/h11-12,14-16H,2-10H2,1H3. The number of carbonyl (C=O) groups excluding carboxylic acids is 1. The second kappa shape index (κ2) is 12.3. The van der Waals surface area contributed by atoms with Gasteiger partial charge in [-0.15, -0.1) is 0 Å². The minimum absolute atomic E-state index is 0.0301. The van der Waals surface area contributed by atoms with Crippen molar-refractivity contribution in [3.63, 3.8) is 0 Å². The summed E-state index contributed by atoms with van der Waals surface area (Å²) in [5.41, 5.74) is 0. The van der Waals surface area contributed by atoms with Gasteiger partial charge in [-0.25, -0.2) is 0 Å². The molecule has 0 fully saturated rings. The van der Waals surface area contributed by atoms with Gasteiger partial charge in [-0.2, -0.15) is 0 Å². The lowest BCUT2D eigenvalue weighted by Gasteiger charge is -2.15. The molecular weight excluding hydrogens is 252 g/mol. The van der Waals surface area contributed by atoms with E-state index in [0.29, 0.717) is 6.42 Å². The number of carbonyl (C=O) groups is 1. The summed E-state index contributed by atoms with van der Waals surface area (Å²) in [4.78, 5) is 11.1. The third-order valence-corrected chi connectivity index (χ3v) is 2.63. The highest BCUT2D eigenvalue weighted by atomic mass is 16.5. The third kappa shape index (κ3) is 12.1. The Morgan fingerprint density at radius 1 is 1.21 bits per heavy atom. The Labute approximate surface area is 114 Å². The van der Waals surface area contributed by atoms with Gasteiger partial charge in [0, 0.05) is 6.42 Å². The van der Waals surface area contributed by atoms with Crippen molar-refractivity contribution in [1.29, 1.82) is 0 Å². The van der Waals surface area contributed by atoms with Crippen molar-refractivity contribution in [3.05, 3.63) is 0 Å². The van der Waals surface area contributed by atoms with Crippen LogP contribution < -0.4 is 0 Å². The maximum Gasteiger partial charge on any atom is 0.305 e. The van der Waals surface area contributed by atoms with Crippen LogP contribution in [0.3, 0.4) is 0 Å². The summed E-state index contributed by atoms with van der Waals surface area (Å²) in [6, 6.07) is 0. The minimum Gasteiger partial charge on any atom is -0.463 e. The molecule has 3 N–H and O–H groups in total. The number of aliphatic hydroxyl groups excluding tert-OH is 3. The number of hydrogen-bond acceptors (Lipinski definition) is 6. The Morgan fingerprint density at radius 3 is 2.58 bits per heavy atom. The molecule has 0 saturated heterocycles. The number of esters is 1. The summed E-state index contributed by atoms with van der Waals surface area (Å²) in [5.74, 6) is -0.274. The maximum atomic E-state index is 11.1. The zero-order valence-corrected chi connectivity index (χ0v) is 11.6. The van der Waals surface area contributed by atoms with E-state index in [4.69, 9.17) is 24.8 Å². The first-order valence-electron chi connectivity index (χ1n) is 6.77. The number of ether oxygens (including phenoxy) is 2. The molecule has 114 valence electrons. The molecule has 0 saturated carbocycles. The highest BCUT2D eigenvalue weighted by molar-refractivity contribution is 5.69. The molecule has 0 bridgehead atoms. The van der Waals surface area contributed by atoms with E-state index in [1.54, 1.807) is 0 Å². The summed E-state index contributed by atoms with van der Waals surface area (Å²) < 4.78 is 10.1. The molecule has 0 aromatic carbocycles. The van der Waals surface area contributed by atoms with E-state index in [2.05, 4.69) is 0 Å². The molecule has 6 heteroatoms. The first-order chi connectivity index (χ1) is 9.10. The van der Waals surface area contributed by atoms with Crippen LogP contribution in [0.1, 0.15) is 39.0 Å². The van der Waals surface area contributed by atoms with Crippen LogP contribution in [0.5, 0.6) is 0 Å². The Kier molecular flexibility index (Phi) is 11.9. The fourth-order valence-corrected chi connectivity index (χ4v) is 1.52. The van der Waals surface area contributed by atoms with Crippen molar-refractivity contribution in [2.75, 3.05) is 26.4 Å². The van der Waals surface area contributed by atoms with Crippen molar-refractivity contribution in [2.24, 2.45) is 0 Å². The van der Waals surface area contributed by atoms with Crippen LogP contribution in [0.15, 0.2) is 0 Å². The number of unbranched alkanes of at least 4 members (excludes halogenated alkanes) is 2. The highest BCUT2D eigenvalue weighted by Gasteiger charge is 2.07. The molecule has 0 aliphatic heterocycles. The van der Waals surface area contributed by atoms with Crippen molar-refractivity contribution in [2.45, 2.75) is 51.2 Å². The van der Waals surface area contributed by atoms with Gasteiger partial charge < -0.3 is 24.8 Å². The van der Waals surface area contributed by atoms with E-state index in [-0.39, 0.29) is 38.5 Å². The molecule has 2 unspecified atom stereocenters. The van der Waals surface area contributed by atoms with Gasteiger partial charge in [0.2, 0.25) is 0 Å². The largest absolute Gasteiger partial charge is 0.463 e. The van der Waals surface area contributed by atoms with Gasteiger partial charge in [0.25, 0.3) is 0 Å². The monoisotopic (exact) mass is 278 g/mol. The lowest BCUT2D eigenvalue weighted by atomic mass is 10.1. The fourth-order valence-electron chi connectivity index (χ4n) is 1.52. The van der Waals surface area contributed by atoms with Crippen LogP contribution in [0, 0.1) is 0 Å². The van der Waals surface area contributed by atoms with Crippen molar-refractivity contribution in [1.82, 2.24) is 0 Å². The van der Waals surface area contributed by atoms with E-state index in [0.717, 1.165) is 25.7 Å². The van der Waals surface area contributed by atoms with Crippen LogP contribution >= 0.6 is 0 Å². The predicted octanol–water partition coefficient (Wildman–Crippen LogP) is 0.231. The zero-order valence-electron chi connectivity index (χ0n) is 11.6. The SMILES string of the molecule is CC(CCCCCC(=O)OCCO)OCC(O)CO. The Bertz CT molecular complexity index is 221. The van der Waals surface area contributed by atoms with Crippen molar-refractivity contribution < 1.29 is 29.6 Å². The number of hydrogen-bond donors (Lipinski definition) is 3. The Morgan fingerprint density at radius 2 is 1.95 bits per heavy atom. The molecule has 2 atom stereocenters. The van der Waals surface area contributed by atoms with Gasteiger partial charge in [0.1, 0.15) is 12.7 Å². The summed E-state index contributed by atoms with van der Waals surface area (Å²) in [5, 5.41) is 26.2. The molecule has 0 aliphatic carbocycles. The summed E-state index contributed by atoms with van der Waals surface area (Å²) in [6.45, 7) is 1.70. The van der Waals surface area contributed by atoms with E-state index >= 15 is 0 Å². The van der Waals surface area contributed by atoms with E-state index in [1.165, 1.54) is 0 Å². The van der Waals surface area contributed by atoms with Gasteiger partial charge in [-0.3, -0.25) is 4.79 Å². The van der Waals surface area contributed by atoms with Gasteiger partial charge in [0.05, 0.1) is 25.9 Å². The average molecular weight is 278 g/mol.